The molecule has 0 saturated heterocycles. The molecule has 0 atom stereocenters. The van der Waals surface area contributed by atoms with Crippen LogP contribution in [0.2, 0.25) is 10.0 Å². The second-order valence-corrected chi connectivity index (χ2v) is 5.67. The number of nitrogens with zero attached hydrogens (tertiary/aromatic N) is 2. The average molecular weight is 312 g/mol. The summed E-state index contributed by atoms with van der Waals surface area (Å²) in [6.45, 7) is 3.91. The molecule has 0 fully saturated rings. The number of rotatable bonds is 3. The fourth-order valence-corrected chi connectivity index (χ4v) is 2.52. The van der Waals surface area contributed by atoms with Crippen LogP contribution in [0.5, 0.6) is 5.75 Å². The van der Waals surface area contributed by atoms with Gasteiger partial charge in [0.2, 0.25) is 0 Å². The molecule has 0 aliphatic heterocycles. The minimum atomic E-state index is 0.0956. The van der Waals surface area contributed by atoms with Gasteiger partial charge in [0.05, 0.1) is 11.9 Å². The van der Waals surface area contributed by atoms with Crippen molar-refractivity contribution in [3.8, 4) is 5.75 Å². The quantitative estimate of drug-likeness (QED) is 0.846. The van der Waals surface area contributed by atoms with Gasteiger partial charge in [-0.2, -0.15) is 0 Å². The van der Waals surface area contributed by atoms with Crippen molar-refractivity contribution in [3.63, 3.8) is 0 Å². The first-order valence-electron chi connectivity index (χ1n) is 6.16. The molecule has 20 heavy (non-hydrogen) atoms. The summed E-state index contributed by atoms with van der Waals surface area (Å²) in [5.41, 5.74) is 7.52. The van der Waals surface area contributed by atoms with Crippen LogP contribution in [0.3, 0.4) is 0 Å². The molecular formula is C14H15Cl2N3O. The van der Waals surface area contributed by atoms with Gasteiger partial charge in [0.25, 0.3) is 0 Å². The number of hydrogen-bond acceptors (Lipinski definition) is 4. The fraction of sp³-hybridized carbons (Fsp3) is 0.286. The van der Waals surface area contributed by atoms with E-state index in [-0.39, 0.29) is 11.7 Å². The Kier molecular flexibility index (Phi) is 4.35. The number of aromatic nitrogens is 2. The third kappa shape index (κ3) is 3.14. The molecule has 0 unspecified atom stereocenters. The van der Waals surface area contributed by atoms with E-state index in [1.54, 1.807) is 12.1 Å². The Morgan fingerprint density at radius 2 is 1.85 bits per heavy atom. The molecule has 0 aliphatic rings. The highest BCUT2D eigenvalue weighted by Gasteiger charge is 2.13. The summed E-state index contributed by atoms with van der Waals surface area (Å²) in [5, 5.41) is 10.7. The Labute approximate surface area is 127 Å². The van der Waals surface area contributed by atoms with Crippen molar-refractivity contribution in [1.82, 2.24) is 9.97 Å². The van der Waals surface area contributed by atoms with E-state index >= 15 is 0 Å². The van der Waals surface area contributed by atoms with E-state index in [2.05, 4.69) is 9.97 Å². The molecule has 0 amide bonds. The number of nitrogens with two attached hydrogens (primary N) is 1. The molecule has 2 rings (SSSR count). The summed E-state index contributed by atoms with van der Waals surface area (Å²) in [6, 6.07) is 3.29. The normalized spacial score (nSPS) is 11.1. The van der Waals surface area contributed by atoms with Crippen molar-refractivity contribution in [2.45, 2.75) is 26.2 Å². The van der Waals surface area contributed by atoms with Crippen LogP contribution < -0.4 is 5.73 Å². The van der Waals surface area contributed by atoms with Crippen LogP contribution in [-0.2, 0) is 6.42 Å². The van der Waals surface area contributed by atoms with Crippen molar-refractivity contribution in [2.24, 2.45) is 0 Å². The van der Waals surface area contributed by atoms with Crippen LogP contribution in [0.15, 0.2) is 18.3 Å². The van der Waals surface area contributed by atoms with Crippen LogP contribution in [-0.4, -0.2) is 15.1 Å². The summed E-state index contributed by atoms with van der Waals surface area (Å²) in [6.07, 6.45) is 1.79. The first-order valence-corrected chi connectivity index (χ1v) is 6.92. The largest absolute Gasteiger partial charge is 0.504 e. The van der Waals surface area contributed by atoms with Crippen molar-refractivity contribution >= 4 is 28.9 Å². The van der Waals surface area contributed by atoms with Crippen LogP contribution in [0, 0.1) is 0 Å². The molecule has 106 valence electrons. The van der Waals surface area contributed by atoms with Gasteiger partial charge in [-0.25, -0.2) is 9.97 Å². The summed E-state index contributed by atoms with van der Waals surface area (Å²) >= 11 is 12.3. The zero-order chi connectivity index (χ0) is 14.9. The third-order valence-electron chi connectivity index (χ3n) is 2.89. The summed E-state index contributed by atoms with van der Waals surface area (Å²) in [5.74, 6) is 0.757. The maximum atomic E-state index is 9.72. The van der Waals surface area contributed by atoms with E-state index < -0.39 is 0 Å². The molecule has 1 heterocycles. The molecule has 0 bridgehead atoms. The van der Waals surface area contributed by atoms with Gasteiger partial charge in [0.1, 0.15) is 5.82 Å². The number of hydrogen-bond donors (Lipinski definition) is 2. The number of anilines is 1. The smallest absolute Gasteiger partial charge is 0.155 e. The Morgan fingerprint density at radius 3 is 2.40 bits per heavy atom. The molecule has 0 saturated carbocycles. The van der Waals surface area contributed by atoms with Gasteiger partial charge in [0.15, 0.2) is 5.75 Å². The van der Waals surface area contributed by atoms with Crippen LogP contribution >= 0.6 is 23.2 Å². The first-order chi connectivity index (χ1) is 9.38. The summed E-state index contributed by atoms with van der Waals surface area (Å²) in [4.78, 5) is 8.47. The minimum absolute atomic E-state index is 0.0956. The van der Waals surface area contributed by atoms with Gasteiger partial charge in [-0.05, 0) is 23.6 Å². The monoisotopic (exact) mass is 311 g/mol. The molecule has 4 nitrogen and oxygen atoms in total. The topological polar surface area (TPSA) is 72.0 Å². The van der Waals surface area contributed by atoms with E-state index in [9.17, 15) is 5.11 Å². The lowest BCUT2D eigenvalue weighted by Gasteiger charge is -2.11. The molecule has 1 aromatic heterocycles. The number of benzene rings is 1. The second-order valence-electron chi connectivity index (χ2n) is 4.85. The molecule has 0 radical (unpaired) electrons. The summed E-state index contributed by atoms with van der Waals surface area (Å²) < 4.78 is 0. The highest BCUT2D eigenvalue weighted by molar-refractivity contribution is 6.36. The lowest BCUT2D eigenvalue weighted by molar-refractivity contribution is 0.455. The van der Waals surface area contributed by atoms with Gasteiger partial charge in [-0.15, -0.1) is 0 Å². The Hall–Kier alpha value is -1.52. The Bertz CT molecular complexity index is 621. The molecule has 6 heteroatoms. The van der Waals surface area contributed by atoms with Crippen molar-refractivity contribution < 1.29 is 5.11 Å². The number of nitrogen functional groups attached to an aromatic ring is 1. The second kappa shape index (κ2) is 5.85. The summed E-state index contributed by atoms with van der Waals surface area (Å²) in [7, 11) is 0. The van der Waals surface area contributed by atoms with Gasteiger partial charge < -0.3 is 10.8 Å². The van der Waals surface area contributed by atoms with Gasteiger partial charge in [0, 0.05) is 22.2 Å². The van der Waals surface area contributed by atoms with Gasteiger partial charge in [-0.1, -0.05) is 37.0 Å². The maximum absolute atomic E-state index is 9.72. The van der Waals surface area contributed by atoms with E-state index in [0.29, 0.717) is 33.7 Å². The van der Waals surface area contributed by atoms with Crippen LogP contribution in [0.4, 0.5) is 5.69 Å². The SMILES string of the molecule is CC(C)c1nc(Cc2c(Cl)cc(N)cc2Cl)ncc1O. The van der Waals surface area contributed by atoms with Crippen LogP contribution in [0.25, 0.3) is 0 Å². The predicted octanol–water partition coefficient (Wildman–Crippen LogP) is 3.79. The van der Waals surface area contributed by atoms with E-state index in [1.807, 2.05) is 13.8 Å². The van der Waals surface area contributed by atoms with Gasteiger partial charge in [-0.3, -0.25) is 0 Å². The highest BCUT2D eigenvalue weighted by atomic mass is 35.5. The standard InChI is InChI=1S/C14H15Cl2N3O/c1-7(2)14-12(20)6-18-13(19-14)5-9-10(15)3-8(17)4-11(9)16/h3-4,6-7,20H,5,17H2,1-2H3. The van der Waals surface area contributed by atoms with Crippen molar-refractivity contribution in [1.29, 1.82) is 0 Å². The third-order valence-corrected chi connectivity index (χ3v) is 3.57. The lowest BCUT2D eigenvalue weighted by atomic mass is 10.1. The first kappa shape index (κ1) is 14.9. The number of aromatic hydroxyl groups is 1. The van der Waals surface area contributed by atoms with Crippen molar-refractivity contribution in [2.75, 3.05) is 5.73 Å². The van der Waals surface area contributed by atoms with Gasteiger partial charge >= 0.3 is 0 Å². The molecule has 0 aliphatic carbocycles. The highest BCUT2D eigenvalue weighted by Crippen LogP contribution is 2.30. The van der Waals surface area contributed by atoms with Crippen molar-refractivity contribution in [3.05, 3.63) is 45.5 Å². The molecule has 0 spiro atoms. The molecular weight excluding hydrogens is 297 g/mol. The average Bonchev–Trinajstić information content (AvgIpc) is 2.35. The Balaban J connectivity index is 2.38. The number of halogens is 2. The predicted molar refractivity (Wildman–Crippen MR) is 81.5 cm³/mol. The fourth-order valence-electron chi connectivity index (χ4n) is 1.89. The molecule has 3 N–H and O–H groups in total. The maximum Gasteiger partial charge on any atom is 0.155 e. The van der Waals surface area contributed by atoms with E-state index in [4.69, 9.17) is 28.9 Å². The molecule has 1 aromatic carbocycles. The lowest BCUT2D eigenvalue weighted by Crippen LogP contribution is -2.03. The minimum Gasteiger partial charge on any atom is -0.504 e. The van der Waals surface area contributed by atoms with Crippen LogP contribution in [0.1, 0.15) is 36.8 Å². The molecule has 2 aromatic rings. The zero-order valence-electron chi connectivity index (χ0n) is 11.2. The zero-order valence-corrected chi connectivity index (χ0v) is 12.7. The van der Waals surface area contributed by atoms with E-state index in [1.165, 1.54) is 6.20 Å². The Morgan fingerprint density at radius 1 is 1.25 bits per heavy atom. The van der Waals surface area contributed by atoms with E-state index in [0.717, 1.165) is 5.56 Å².